The third-order valence-electron chi connectivity index (χ3n) is 3.02. The van der Waals surface area contributed by atoms with Crippen molar-refractivity contribution in [1.29, 1.82) is 0 Å². The molecule has 1 aromatic carbocycles. The number of imidazole rings is 1. The number of H-pyrrole nitrogens is 1. The van der Waals surface area contributed by atoms with Crippen molar-refractivity contribution >= 4 is 17.1 Å². The Balaban J connectivity index is 2.19. The molecule has 0 aliphatic heterocycles. The Kier molecular flexibility index (Phi) is 3.20. The number of amides is 2. The van der Waals surface area contributed by atoms with Crippen molar-refractivity contribution in [2.45, 2.75) is 19.3 Å². The number of nitrogens with zero attached hydrogens (tertiary/aromatic N) is 1. The molecule has 0 unspecified atom stereocenters. The van der Waals surface area contributed by atoms with E-state index in [9.17, 15) is 4.79 Å². The van der Waals surface area contributed by atoms with Gasteiger partial charge >= 0.3 is 6.03 Å². The van der Waals surface area contributed by atoms with Crippen molar-refractivity contribution in [2.75, 3.05) is 6.54 Å². The van der Waals surface area contributed by atoms with Crippen molar-refractivity contribution in [2.24, 2.45) is 5.84 Å². The maximum absolute atomic E-state index is 11.1. The van der Waals surface area contributed by atoms with E-state index in [-0.39, 0.29) is 11.4 Å². The first-order valence-corrected chi connectivity index (χ1v) is 5.71. The van der Waals surface area contributed by atoms with Gasteiger partial charge in [0.1, 0.15) is 0 Å². The fourth-order valence-electron chi connectivity index (χ4n) is 1.81. The van der Waals surface area contributed by atoms with E-state index in [1.807, 2.05) is 23.6 Å². The molecule has 0 bridgehead atoms. The molecule has 18 heavy (non-hydrogen) atoms. The molecule has 0 aliphatic rings. The van der Waals surface area contributed by atoms with Crippen LogP contribution >= 0.6 is 0 Å². The first-order chi connectivity index (χ1) is 8.53. The van der Waals surface area contributed by atoms with E-state index in [1.165, 1.54) is 0 Å². The van der Waals surface area contributed by atoms with Crippen LogP contribution in [-0.4, -0.2) is 22.5 Å². The number of aromatic amines is 1. The summed E-state index contributed by atoms with van der Waals surface area (Å²) in [5.41, 5.74) is 4.90. The standard InChI is InChI=1S/C12H17N5O/c1-12(2,6-14-11(18)17-13)8-3-4-9-10(5-8)16-7-15-9/h3-5,7H,6,13H2,1-2H3,(H,15,16)(H2,14,17,18). The smallest absolute Gasteiger partial charge is 0.328 e. The summed E-state index contributed by atoms with van der Waals surface area (Å²) in [7, 11) is 0. The van der Waals surface area contributed by atoms with E-state index in [0.717, 1.165) is 16.6 Å². The van der Waals surface area contributed by atoms with Crippen molar-refractivity contribution in [1.82, 2.24) is 20.7 Å². The summed E-state index contributed by atoms with van der Waals surface area (Å²) >= 11 is 0. The molecule has 96 valence electrons. The van der Waals surface area contributed by atoms with Crippen molar-refractivity contribution in [3.8, 4) is 0 Å². The molecule has 1 aromatic heterocycles. The first-order valence-electron chi connectivity index (χ1n) is 5.71. The van der Waals surface area contributed by atoms with Gasteiger partial charge < -0.3 is 10.3 Å². The van der Waals surface area contributed by atoms with E-state index in [2.05, 4.69) is 29.1 Å². The predicted molar refractivity (Wildman–Crippen MR) is 69.8 cm³/mol. The van der Waals surface area contributed by atoms with Gasteiger partial charge in [-0.1, -0.05) is 19.9 Å². The SMILES string of the molecule is CC(C)(CNC(=O)NN)c1ccc2nc[nH]c2c1. The Hall–Kier alpha value is -2.08. The molecule has 1 heterocycles. The minimum Gasteiger partial charge on any atom is -0.345 e. The normalized spacial score (nSPS) is 11.5. The van der Waals surface area contributed by atoms with Gasteiger partial charge in [0.2, 0.25) is 0 Å². The van der Waals surface area contributed by atoms with Crippen LogP contribution in [0.25, 0.3) is 11.0 Å². The Morgan fingerprint density at radius 1 is 1.50 bits per heavy atom. The van der Waals surface area contributed by atoms with Crippen LogP contribution < -0.4 is 16.6 Å². The number of hydrogen-bond donors (Lipinski definition) is 4. The van der Waals surface area contributed by atoms with Crippen LogP contribution in [0.5, 0.6) is 0 Å². The number of hydrazine groups is 1. The molecule has 6 heteroatoms. The highest BCUT2D eigenvalue weighted by Gasteiger charge is 2.21. The van der Waals surface area contributed by atoms with E-state index < -0.39 is 0 Å². The molecule has 2 amide bonds. The number of urea groups is 1. The van der Waals surface area contributed by atoms with Crippen LogP contribution in [0.15, 0.2) is 24.5 Å². The van der Waals surface area contributed by atoms with Crippen LogP contribution in [0.4, 0.5) is 4.79 Å². The van der Waals surface area contributed by atoms with E-state index >= 15 is 0 Å². The van der Waals surface area contributed by atoms with Crippen molar-refractivity contribution in [3.63, 3.8) is 0 Å². The lowest BCUT2D eigenvalue weighted by Crippen LogP contribution is -2.44. The predicted octanol–water partition coefficient (Wildman–Crippen LogP) is 1.01. The summed E-state index contributed by atoms with van der Waals surface area (Å²) < 4.78 is 0. The lowest BCUT2D eigenvalue weighted by Gasteiger charge is -2.25. The molecule has 0 saturated carbocycles. The Morgan fingerprint density at radius 3 is 3.00 bits per heavy atom. The zero-order chi connectivity index (χ0) is 13.2. The number of carbonyl (C=O) groups is 1. The molecule has 2 aromatic rings. The Morgan fingerprint density at radius 2 is 2.28 bits per heavy atom. The largest absolute Gasteiger partial charge is 0.345 e. The summed E-state index contributed by atoms with van der Waals surface area (Å²) in [6.45, 7) is 4.61. The van der Waals surface area contributed by atoms with Crippen LogP contribution in [0.2, 0.25) is 0 Å². The molecule has 0 aliphatic carbocycles. The topological polar surface area (TPSA) is 95.8 Å². The Bertz CT molecular complexity index is 560. The number of hydrogen-bond acceptors (Lipinski definition) is 3. The van der Waals surface area contributed by atoms with Gasteiger partial charge in [-0.2, -0.15) is 0 Å². The lowest BCUT2D eigenvalue weighted by atomic mass is 9.84. The number of rotatable bonds is 3. The number of benzene rings is 1. The molecular weight excluding hydrogens is 230 g/mol. The van der Waals surface area contributed by atoms with Crippen molar-refractivity contribution in [3.05, 3.63) is 30.1 Å². The molecule has 5 N–H and O–H groups in total. The average Bonchev–Trinajstić information content (AvgIpc) is 2.83. The number of carbonyl (C=O) groups excluding carboxylic acids is 1. The highest BCUT2D eigenvalue weighted by atomic mass is 16.2. The van der Waals surface area contributed by atoms with Crippen molar-refractivity contribution < 1.29 is 4.79 Å². The zero-order valence-corrected chi connectivity index (χ0v) is 10.4. The van der Waals surface area contributed by atoms with Crippen LogP contribution in [0, 0.1) is 0 Å². The second-order valence-electron chi connectivity index (χ2n) is 4.85. The van der Waals surface area contributed by atoms with Gasteiger partial charge in [0, 0.05) is 12.0 Å². The summed E-state index contributed by atoms with van der Waals surface area (Å²) in [5, 5.41) is 2.71. The average molecular weight is 247 g/mol. The van der Waals surface area contributed by atoms with Crippen LogP contribution in [0.3, 0.4) is 0 Å². The van der Waals surface area contributed by atoms with Gasteiger partial charge in [-0.15, -0.1) is 0 Å². The minimum atomic E-state index is -0.384. The maximum atomic E-state index is 11.1. The van der Waals surface area contributed by atoms with E-state index in [0.29, 0.717) is 6.54 Å². The third kappa shape index (κ3) is 2.43. The molecule has 0 spiro atoms. The summed E-state index contributed by atoms with van der Waals surface area (Å²) in [5.74, 6) is 5.03. The van der Waals surface area contributed by atoms with Crippen LogP contribution in [0.1, 0.15) is 19.4 Å². The molecule has 6 nitrogen and oxygen atoms in total. The highest BCUT2D eigenvalue weighted by Crippen LogP contribution is 2.24. The Labute approximate surface area is 105 Å². The van der Waals surface area contributed by atoms with Gasteiger partial charge in [0.25, 0.3) is 0 Å². The van der Waals surface area contributed by atoms with Gasteiger partial charge in [-0.25, -0.2) is 15.6 Å². The van der Waals surface area contributed by atoms with E-state index in [4.69, 9.17) is 5.84 Å². The number of nitrogens with two attached hydrogens (primary N) is 1. The second kappa shape index (κ2) is 4.66. The summed E-state index contributed by atoms with van der Waals surface area (Å²) in [6.07, 6.45) is 1.67. The number of fused-ring (bicyclic) bond motifs is 1. The molecule has 0 fully saturated rings. The highest BCUT2D eigenvalue weighted by molar-refractivity contribution is 5.76. The first kappa shape index (κ1) is 12.4. The van der Waals surface area contributed by atoms with Gasteiger partial charge in [-0.3, -0.25) is 5.43 Å². The van der Waals surface area contributed by atoms with Crippen LogP contribution in [-0.2, 0) is 5.41 Å². The molecular formula is C12H17N5O. The fourth-order valence-corrected chi connectivity index (χ4v) is 1.81. The molecule has 0 saturated heterocycles. The third-order valence-corrected chi connectivity index (χ3v) is 3.02. The zero-order valence-electron chi connectivity index (χ0n) is 10.4. The molecule has 2 rings (SSSR count). The summed E-state index contributed by atoms with van der Waals surface area (Å²) in [4.78, 5) is 18.4. The number of nitrogens with one attached hydrogen (secondary N) is 3. The summed E-state index contributed by atoms with van der Waals surface area (Å²) in [6, 6.07) is 5.65. The fraction of sp³-hybridized carbons (Fsp3) is 0.333. The quantitative estimate of drug-likeness (QED) is 0.370. The van der Waals surface area contributed by atoms with Gasteiger partial charge in [0.15, 0.2) is 0 Å². The van der Waals surface area contributed by atoms with Gasteiger partial charge in [0.05, 0.1) is 17.4 Å². The van der Waals surface area contributed by atoms with Gasteiger partial charge in [-0.05, 0) is 17.7 Å². The monoisotopic (exact) mass is 247 g/mol. The second-order valence-corrected chi connectivity index (χ2v) is 4.85. The van der Waals surface area contributed by atoms with E-state index in [1.54, 1.807) is 6.33 Å². The molecule has 0 radical (unpaired) electrons. The molecule has 0 atom stereocenters. The lowest BCUT2D eigenvalue weighted by molar-refractivity contribution is 0.238. The number of aromatic nitrogens is 2. The minimum absolute atomic E-state index is 0.189. The maximum Gasteiger partial charge on any atom is 0.328 e.